The molecule has 6 heteroatoms. The topological polar surface area (TPSA) is 69.3 Å². The van der Waals surface area contributed by atoms with Crippen LogP contribution in [-0.2, 0) is 7.05 Å². The fraction of sp³-hybridized carbons (Fsp3) is 0.273. The number of hydrogen-bond donors (Lipinski definition) is 2. The predicted octanol–water partition coefficient (Wildman–Crippen LogP) is 2.08. The first-order valence-corrected chi connectivity index (χ1v) is 5.44. The van der Waals surface area contributed by atoms with E-state index in [1.807, 2.05) is 31.3 Å². The third-order valence-electron chi connectivity index (χ3n) is 2.24. The van der Waals surface area contributed by atoms with E-state index < -0.39 is 0 Å². The van der Waals surface area contributed by atoms with Gasteiger partial charge < -0.3 is 5.32 Å². The molecule has 1 aromatic heterocycles. The highest BCUT2D eigenvalue weighted by Gasteiger charge is 2.04. The summed E-state index contributed by atoms with van der Waals surface area (Å²) in [6, 6.07) is 7.78. The summed E-state index contributed by atoms with van der Waals surface area (Å²) >= 11 is 0. The number of nitrogens with one attached hydrogen (secondary N) is 2. The summed E-state index contributed by atoms with van der Waals surface area (Å²) in [6.45, 7) is 2.97. The van der Waals surface area contributed by atoms with Gasteiger partial charge in [0.1, 0.15) is 0 Å². The van der Waals surface area contributed by atoms with Crippen molar-refractivity contribution in [3.8, 4) is 0 Å². The van der Waals surface area contributed by atoms with Crippen LogP contribution in [0.3, 0.4) is 0 Å². The molecule has 0 unspecified atom stereocenters. The second kappa shape index (κ2) is 5.20. The van der Waals surface area contributed by atoms with Gasteiger partial charge in [0.15, 0.2) is 0 Å². The van der Waals surface area contributed by atoms with E-state index in [0.29, 0.717) is 5.95 Å². The van der Waals surface area contributed by atoms with Gasteiger partial charge in [0.2, 0.25) is 6.33 Å². The van der Waals surface area contributed by atoms with E-state index in [0.717, 1.165) is 17.9 Å². The summed E-state index contributed by atoms with van der Waals surface area (Å²) in [6.07, 6.45) is 1.64. The Morgan fingerprint density at radius 1 is 1.29 bits per heavy atom. The van der Waals surface area contributed by atoms with Crippen LogP contribution < -0.4 is 9.88 Å². The summed E-state index contributed by atoms with van der Waals surface area (Å²) in [5.41, 5.74) is 1.89. The number of aryl methyl sites for hydroxylation is 1. The number of hydrogen-bond acceptors (Lipinski definition) is 4. The molecule has 17 heavy (non-hydrogen) atoms. The predicted molar refractivity (Wildman–Crippen MR) is 64.5 cm³/mol. The van der Waals surface area contributed by atoms with Crippen LogP contribution in [0.25, 0.3) is 0 Å². The summed E-state index contributed by atoms with van der Waals surface area (Å²) in [4.78, 5) is 0. The molecule has 0 aliphatic carbocycles. The van der Waals surface area contributed by atoms with Gasteiger partial charge in [0.25, 0.3) is 0 Å². The third kappa shape index (κ3) is 2.87. The highest BCUT2D eigenvalue weighted by molar-refractivity contribution is 5.50. The minimum Gasteiger partial charge on any atom is -0.385 e. The number of anilines is 1. The van der Waals surface area contributed by atoms with E-state index in [4.69, 9.17) is 0 Å². The number of azo groups is 1. The molecule has 88 valence electrons. The lowest BCUT2D eigenvalue weighted by atomic mass is 10.3. The summed E-state index contributed by atoms with van der Waals surface area (Å²) < 4.78 is 1.76. The van der Waals surface area contributed by atoms with E-state index in [9.17, 15) is 0 Å². The molecular weight excluding hydrogens is 216 g/mol. The lowest BCUT2D eigenvalue weighted by molar-refractivity contribution is -0.658. The largest absolute Gasteiger partial charge is 0.401 e. The van der Waals surface area contributed by atoms with E-state index >= 15 is 0 Å². The van der Waals surface area contributed by atoms with Crippen LogP contribution in [0.4, 0.5) is 17.3 Å². The summed E-state index contributed by atoms with van der Waals surface area (Å²) in [5.74, 6) is 0.612. The quantitative estimate of drug-likeness (QED) is 0.624. The van der Waals surface area contributed by atoms with Crippen molar-refractivity contribution >= 4 is 17.3 Å². The molecule has 1 aromatic carbocycles. The van der Waals surface area contributed by atoms with Crippen LogP contribution in [0, 0.1) is 0 Å². The Kier molecular flexibility index (Phi) is 3.44. The van der Waals surface area contributed by atoms with E-state index in [2.05, 4.69) is 32.7 Å². The Morgan fingerprint density at radius 3 is 2.65 bits per heavy atom. The van der Waals surface area contributed by atoms with Crippen LogP contribution in [-0.4, -0.2) is 16.7 Å². The minimum absolute atomic E-state index is 0.612. The number of rotatable bonds is 4. The molecule has 0 amide bonds. The molecule has 0 atom stereocenters. The van der Waals surface area contributed by atoms with E-state index in [1.54, 1.807) is 10.9 Å². The first-order valence-electron chi connectivity index (χ1n) is 5.44. The lowest BCUT2D eigenvalue weighted by Gasteiger charge is -2.01. The van der Waals surface area contributed by atoms with Crippen molar-refractivity contribution in [2.45, 2.75) is 6.92 Å². The highest BCUT2D eigenvalue weighted by atomic mass is 15.3. The first-order chi connectivity index (χ1) is 8.29. The standard InChI is InChI=1S/C11H14N6/c1-3-12-9-4-6-10(7-5-9)14-16-11-15-13-8-17(11)2/h4-8H,3H2,1-2H3,(H,12,15,16)/p+1. The van der Waals surface area contributed by atoms with Gasteiger partial charge in [-0.1, -0.05) is 5.11 Å². The number of aromatic amines is 1. The van der Waals surface area contributed by atoms with Gasteiger partial charge in [-0.2, -0.15) is 0 Å². The van der Waals surface area contributed by atoms with Gasteiger partial charge >= 0.3 is 5.95 Å². The SMILES string of the molecule is CCNc1ccc(N=Nc2[nH]nc[n+]2C)cc1. The summed E-state index contributed by atoms with van der Waals surface area (Å²) in [5, 5.41) is 18.0. The Morgan fingerprint density at radius 2 is 2.06 bits per heavy atom. The van der Waals surface area contributed by atoms with E-state index in [1.165, 1.54) is 0 Å². The highest BCUT2D eigenvalue weighted by Crippen LogP contribution is 2.17. The van der Waals surface area contributed by atoms with Crippen molar-refractivity contribution in [3.05, 3.63) is 30.6 Å². The molecular formula is C11H15N6+. The molecule has 0 spiro atoms. The van der Waals surface area contributed by atoms with Crippen molar-refractivity contribution in [1.29, 1.82) is 0 Å². The second-order valence-electron chi connectivity index (χ2n) is 3.57. The molecule has 0 radical (unpaired) electrons. The van der Waals surface area contributed by atoms with Crippen molar-refractivity contribution in [2.75, 3.05) is 11.9 Å². The zero-order chi connectivity index (χ0) is 12.1. The average Bonchev–Trinajstić information content (AvgIpc) is 2.75. The minimum atomic E-state index is 0.612. The van der Waals surface area contributed by atoms with Crippen molar-refractivity contribution < 1.29 is 4.57 Å². The maximum Gasteiger partial charge on any atom is 0.401 e. The van der Waals surface area contributed by atoms with Crippen LogP contribution in [0.5, 0.6) is 0 Å². The molecule has 0 aliphatic heterocycles. The Balaban J connectivity index is 2.09. The fourth-order valence-corrected chi connectivity index (χ4v) is 1.35. The van der Waals surface area contributed by atoms with Crippen LogP contribution in [0.2, 0.25) is 0 Å². The van der Waals surface area contributed by atoms with Gasteiger partial charge in [-0.15, -0.1) is 5.10 Å². The molecule has 2 N–H and O–H groups in total. The molecule has 6 nitrogen and oxygen atoms in total. The average molecular weight is 231 g/mol. The molecule has 0 aliphatic rings. The number of nitrogens with zero attached hydrogens (tertiary/aromatic N) is 4. The second-order valence-corrected chi connectivity index (χ2v) is 3.57. The molecule has 2 rings (SSSR count). The van der Waals surface area contributed by atoms with Crippen LogP contribution >= 0.6 is 0 Å². The van der Waals surface area contributed by atoms with Crippen LogP contribution in [0.15, 0.2) is 40.8 Å². The first kappa shape index (κ1) is 11.3. The fourth-order valence-electron chi connectivity index (χ4n) is 1.35. The molecule has 2 aromatic rings. The number of H-pyrrole nitrogens is 1. The smallest absolute Gasteiger partial charge is 0.385 e. The Bertz CT molecular complexity index is 499. The van der Waals surface area contributed by atoms with Gasteiger partial charge in [0, 0.05) is 17.3 Å². The zero-order valence-electron chi connectivity index (χ0n) is 9.88. The lowest BCUT2D eigenvalue weighted by Crippen LogP contribution is -2.24. The van der Waals surface area contributed by atoms with E-state index in [-0.39, 0.29) is 0 Å². The number of benzene rings is 1. The normalized spacial score (nSPS) is 10.9. The van der Waals surface area contributed by atoms with Crippen molar-refractivity contribution in [3.63, 3.8) is 0 Å². The molecule has 1 heterocycles. The van der Waals surface area contributed by atoms with Crippen LogP contribution in [0.1, 0.15) is 6.92 Å². The van der Waals surface area contributed by atoms with Gasteiger partial charge in [0.05, 0.1) is 12.7 Å². The molecule has 0 saturated carbocycles. The molecule has 0 saturated heterocycles. The van der Waals surface area contributed by atoms with Gasteiger partial charge in [-0.3, -0.25) is 0 Å². The summed E-state index contributed by atoms with van der Waals surface area (Å²) in [7, 11) is 1.85. The maximum absolute atomic E-state index is 4.12. The number of aromatic nitrogens is 3. The Labute approximate surface area is 99.4 Å². The van der Waals surface area contributed by atoms with Crippen molar-refractivity contribution in [1.82, 2.24) is 10.2 Å². The monoisotopic (exact) mass is 231 g/mol. The molecule has 0 fully saturated rings. The zero-order valence-corrected chi connectivity index (χ0v) is 9.88. The molecule has 0 bridgehead atoms. The van der Waals surface area contributed by atoms with Gasteiger partial charge in [-0.05, 0) is 36.3 Å². The van der Waals surface area contributed by atoms with Crippen molar-refractivity contribution in [2.24, 2.45) is 17.3 Å². The third-order valence-corrected chi connectivity index (χ3v) is 2.24. The Hall–Kier alpha value is -2.24. The van der Waals surface area contributed by atoms with Gasteiger partial charge in [-0.25, -0.2) is 4.57 Å². The maximum atomic E-state index is 4.12.